The first kappa shape index (κ1) is 21.9. The maximum absolute atomic E-state index is 13.2. The fraction of sp³-hybridized carbons (Fsp3) is 0.240. The van der Waals surface area contributed by atoms with Gasteiger partial charge in [-0.3, -0.25) is 9.10 Å². The second kappa shape index (κ2) is 9.04. The fourth-order valence-electron chi connectivity index (χ4n) is 3.79. The van der Waals surface area contributed by atoms with Crippen LogP contribution >= 0.6 is 0 Å². The van der Waals surface area contributed by atoms with Crippen molar-refractivity contribution in [2.75, 3.05) is 22.8 Å². The molecule has 6 nitrogen and oxygen atoms in total. The topological polar surface area (TPSA) is 75.7 Å². The lowest BCUT2D eigenvalue weighted by Gasteiger charge is -2.30. The smallest absolute Gasteiger partial charge is 0.264 e. The van der Waals surface area contributed by atoms with Crippen LogP contribution in [0.25, 0.3) is 0 Å². The largest absolute Gasteiger partial charge is 0.484 e. The van der Waals surface area contributed by atoms with Gasteiger partial charge >= 0.3 is 0 Å². The van der Waals surface area contributed by atoms with Gasteiger partial charge in [-0.15, -0.1) is 0 Å². The lowest BCUT2D eigenvalue weighted by atomic mass is 10.0. The van der Waals surface area contributed by atoms with Crippen LogP contribution < -0.4 is 14.4 Å². The van der Waals surface area contributed by atoms with E-state index in [0.717, 1.165) is 40.9 Å². The molecule has 32 heavy (non-hydrogen) atoms. The van der Waals surface area contributed by atoms with Crippen LogP contribution in [-0.4, -0.2) is 27.5 Å². The zero-order valence-electron chi connectivity index (χ0n) is 18.2. The summed E-state index contributed by atoms with van der Waals surface area (Å²) in [5.74, 6) is 0.152. The molecular weight excluding hydrogens is 424 g/mol. The Balaban J connectivity index is 1.42. The number of nitrogens with zero attached hydrogens (tertiary/aromatic N) is 1. The second-order valence-corrected chi connectivity index (χ2v) is 9.80. The Hall–Kier alpha value is -3.32. The third-order valence-corrected chi connectivity index (χ3v) is 7.34. The van der Waals surface area contributed by atoms with E-state index in [1.54, 1.807) is 12.1 Å². The third-order valence-electron chi connectivity index (χ3n) is 5.52. The Bertz CT molecular complexity index is 1240. The molecule has 0 bridgehead atoms. The predicted molar refractivity (Wildman–Crippen MR) is 126 cm³/mol. The normalized spacial score (nSPS) is 13.4. The molecule has 1 N–H and O–H groups in total. The number of nitrogens with one attached hydrogen (secondary N) is 1. The van der Waals surface area contributed by atoms with Crippen LogP contribution in [0.15, 0.2) is 71.6 Å². The molecule has 0 aromatic heterocycles. The molecule has 7 heteroatoms. The van der Waals surface area contributed by atoms with E-state index >= 15 is 0 Å². The number of para-hydroxylation sites is 1. The quantitative estimate of drug-likeness (QED) is 0.602. The minimum atomic E-state index is -3.67. The summed E-state index contributed by atoms with van der Waals surface area (Å²) < 4.78 is 33.5. The van der Waals surface area contributed by atoms with E-state index in [1.807, 2.05) is 56.3 Å². The highest BCUT2D eigenvalue weighted by molar-refractivity contribution is 7.92. The molecule has 3 aromatic rings. The molecule has 1 amide bonds. The summed E-state index contributed by atoms with van der Waals surface area (Å²) in [5, 5.41) is 2.84. The molecule has 0 saturated heterocycles. The first-order valence-corrected chi connectivity index (χ1v) is 12.0. The lowest BCUT2D eigenvalue weighted by molar-refractivity contribution is -0.118. The standard InChI is InChI=1S/C25H26N2O4S/c1-18-9-10-19(2)23(16-18)26-25(28)17-31-21-11-13-22(14-12-21)32(29,30)27-15-5-7-20-6-3-4-8-24(20)27/h3-4,6,8-14,16H,5,7,15,17H2,1-2H3,(H,26,28). The van der Waals surface area contributed by atoms with Crippen molar-refractivity contribution in [3.05, 3.63) is 83.4 Å². The third kappa shape index (κ3) is 4.62. The number of rotatable bonds is 6. The number of hydrogen-bond acceptors (Lipinski definition) is 4. The maximum Gasteiger partial charge on any atom is 0.264 e. The Kier molecular flexibility index (Phi) is 6.19. The summed E-state index contributed by atoms with van der Waals surface area (Å²) in [6.45, 7) is 4.18. The zero-order chi connectivity index (χ0) is 22.7. The van der Waals surface area contributed by atoms with Crippen molar-refractivity contribution in [3.63, 3.8) is 0 Å². The highest BCUT2D eigenvalue weighted by Crippen LogP contribution is 2.32. The molecule has 166 valence electrons. The molecule has 0 spiro atoms. The second-order valence-electron chi connectivity index (χ2n) is 7.94. The first-order valence-electron chi connectivity index (χ1n) is 10.6. The Morgan fingerprint density at radius 1 is 1.03 bits per heavy atom. The summed E-state index contributed by atoms with van der Waals surface area (Å²) in [6, 6.07) is 19.6. The van der Waals surface area contributed by atoms with Crippen LogP contribution in [0, 0.1) is 13.8 Å². The van der Waals surface area contributed by atoms with Crippen molar-refractivity contribution in [1.29, 1.82) is 0 Å². The number of anilines is 2. The number of sulfonamides is 1. The van der Waals surface area contributed by atoms with Crippen molar-refractivity contribution in [3.8, 4) is 5.75 Å². The number of benzene rings is 3. The Labute approximate surface area is 188 Å². The first-order chi connectivity index (χ1) is 15.3. The monoisotopic (exact) mass is 450 g/mol. The molecule has 4 rings (SSSR count). The highest BCUT2D eigenvalue weighted by Gasteiger charge is 2.28. The average Bonchev–Trinajstić information content (AvgIpc) is 2.80. The van der Waals surface area contributed by atoms with Gasteiger partial charge in [0, 0.05) is 12.2 Å². The Morgan fingerprint density at radius 3 is 2.56 bits per heavy atom. The number of fused-ring (bicyclic) bond motifs is 1. The molecule has 0 fully saturated rings. The van der Waals surface area contributed by atoms with Crippen LogP contribution in [-0.2, 0) is 21.2 Å². The van der Waals surface area contributed by atoms with Gasteiger partial charge in [0.1, 0.15) is 5.75 Å². The van der Waals surface area contributed by atoms with Crippen LogP contribution in [0.2, 0.25) is 0 Å². The summed E-state index contributed by atoms with van der Waals surface area (Å²) in [4.78, 5) is 12.5. The number of ether oxygens (including phenoxy) is 1. The van der Waals surface area contributed by atoms with E-state index in [1.165, 1.54) is 16.4 Å². The van der Waals surface area contributed by atoms with Crippen LogP contribution in [0.1, 0.15) is 23.1 Å². The summed E-state index contributed by atoms with van der Waals surface area (Å²) >= 11 is 0. The van der Waals surface area contributed by atoms with Crippen molar-refractivity contribution >= 4 is 27.3 Å². The molecule has 1 aliphatic heterocycles. The molecular formula is C25H26N2O4S. The predicted octanol–water partition coefficient (Wildman–Crippen LogP) is 4.46. The summed E-state index contributed by atoms with van der Waals surface area (Å²) in [5.41, 5.74) is 4.55. The van der Waals surface area contributed by atoms with Crippen molar-refractivity contribution < 1.29 is 17.9 Å². The minimum Gasteiger partial charge on any atom is -0.484 e. The van der Waals surface area contributed by atoms with Crippen molar-refractivity contribution in [2.45, 2.75) is 31.6 Å². The number of aryl methyl sites for hydroxylation is 3. The van der Waals surface area contributed by atoms with Gasteiger partial charge in [-0.25, -0.2) is 8.42 Å². The molecule has 0 atom stereocenters. The lowest BCUT2D eigenvalue weighted by Crippen LogP contribution is -2.35. The van der Waals surface area contributed by atoms with Gasteiger partial charge < -0.3 is 10.1 Å². The molecule has 0 aliphatic carbocycles. The van der Waals surface area contributed by atoms with Gasteiger partial charge in [0.05, 0.1) is 10.6 Å². The average molecular weight is 451 g/mol. The van der Waals surface area contributed by atoms with Gasteiger partial charge in [-0.2, -0.15) is 0 Å². The molecule has 0 unspecified atom stereocenters. The number of carbonyl (C=O) groups is 1. The highest BCUT2D eigenvalue weighted by atomic mass is 32.2. The molecule has 3 aromatic carbocycles. The van der Waals surface area contributed by atoms with E-state index in [2.05, 4.69) is 5.32 Å². The van der Waals surface area contributed by atoms with E-state index in [4.69, 9.17) is 4.74 Å². The zero-order valence-corrected chi connectivity index (χ0v) is 19.0. The van der Waals surface area contributed by atoms with Crippen molar-refractivity contribution in [2.24, 2.45) is 0 Å². The van der Waals surface area contributed by atoms with Gasteiger partial charge in [0.2, 0.25) is 0 Å². The molecule has 1 heterocycles. The van der Waals surface area contributed by atoms with E-state index in [-0.39, 0.29) is 17.4 Å². The van der Waals surface area contributed by atoms with Crippen LogP contribution in [0.5, 0.6) is 5.75 Å². The molecule has 0 radical (unpaired) electrons. The van der Waals surface area contributed by atoms with Crippen LogP contribution in [0.4, 0.5) is 11.4 Å². The van der Waals surface area contributed by atoms with E-state index in [0.29, 0.717) is 12.3 Å². The Morgan fingerprint density at radius 2 is 1.78 bits per heavy atom. The van der Waals surface area contributed by atoms with Crippen LogP contribution in [0.3, 0.4) is 0 Å². The van der Waals surface area contributed by atoms with Gasteiger partial charge in [-0.1, -0.05) is 30.3 Å². The van der Waals surface area contributed by atoms with E-state index in [9.17, 15) is 13.2 Å². The fourth-order valence-corrected chi connectivity index (χ4v) is 5.33. The maximum atomic E-state index is 13.2. The SMILES string of the molecule is Cc1ccc(C)c(NC(=O)COc2ccc(S(=O)(=O)N3CCCc4ccccc43)cc2)c1. The molecule has 0 saturated carbocycles. The minimum absolute atomic E-state index is 0.168. The number of amides is 1. The van der Waals surface area contributed by atoms with Crippen molar-refractivity contribution in [1.82, 2.24) is 0 Å². The van der Waals surface area contributed by atoms with E-state index < -0.39 is 10.0 Å². The summed E-state index contributed by atoms with van der Waals surface area (Å²) in [6.07, 6.45) is 1.66. The van der Waals surface area contributed by atoms with Gasteiger partial charge in [-0.05, 0) is 79.8 Å². The summed E-state index contributed by atoms with van der Waals surface area (Å²) in [7, 11) is -3.67. The van der Waals surface area contributed by atoms with Gasteiger partial charge in [0.25, 0.3) is 15.9 Å². The number of carbonyl (C=O) groups excluding carboxylic acids is 1. The number of hydrogen-bond donors (Lipinski definition) is 1. The van der Waals surface area contributed by atoms with Gasteiger partial charge in [0.15, 0.2) is 6.61 Å². The molecule has 1 aliphatic rings.